The molecule has 2 aromatic rings. The molecular weight excluding hydrogens is 427 g/mol. The van der Waals surface area contributed by atoms with Gasteiger partial charge in [-0.25, -0.2) is 17.2 Å². The van der Waals surface area contributed by atoms with E-state index in [9.17, 15) is 35.2 Å². The second kappa shape index (κ2) is 8.52. The molecule has 28 heavy (non-hydrogen) atoms. The van der Waals surface area contributed by atoms with Gasteiger partial charge >= 0.3 is 6.18 Å². The van der Waals surface area contributed by atoms with Crippen LogP contribution in [-0.2, 0) is 16.9 Å². The van der Waals surface area contributed by atoms with Gasteiger partial charge in [0.2, 0.25) is 0 Å². The van der Waals surface area contributed by atoms with Crippen LogP contribution in [0.25, 0.3) is 0 Å². The molecule has 1 aromatic carbocycles. The third kappa shape index (κ3) is 5.47. The monoisotopic (exact) mass is 444 g/mol. The lowest BCUT2D eigenvalue weighted by molar-refractivity contribution is -0.163. The van der Waals surface area contributed by atoms with Gasteiger partial charge in [0.1, 0.15) is 5.69 Å². The molecule has 1 atom stereocenters. The molecule has 0 aliphatic rings. The summed E-state index contributed by atoms with van der Waals surface area (Å²) < 4.78 is 89.4. The van der Waals surface area contributed by atoms with E-state index < -0.39 is 50.1 Å². The summed E-state index contributed by atoms with van der Waals surface area (Å²) in [7, 11) is -2.97. The number of benzene rings is 1. The second-order valence-corrected chi connectivity index (χ2v) is 8.01. The Balaban J connectivity index is 0.00000392. The molecule has 0 fully saturated rings. The Morgan fingerprint density at radius 2 is 1.79 bits per heavy atom. The van der Waals surface area contributed by atoms with E-state index in [4.69, 9.17) is 0 Å². The first-order valence-corrected chi connectivity index (χ1v) is 9.18. The molecule has 1 heterocycles. The summed E-state index contributed by atoms with van der Waals surface area (Å²) in [5, 5.41) is 2.26. The van der Waals surface area contributed by atoms with Crippen molar-refractivity contribution < 1.29 is 35.2 Å². The summed E-state index contributed by atoms with van der Waals surface area (Å²) >= 11 is 0. The Labute approximate surface area is 164 Å². The minimum Gasteiger partial charge on any atom is -0.345 e. The van der Waals surface area contributed by atoms with E-state index in [0.717, 1.165) is 42.0 Å². The van der Waals surface area contributed by atoms with E-state index in [1.165, 1.54) is 7.05 Å². The first-order chi connectivity index (χ1) is 12.3. The van der Waals surface area contributed by atoms with Crippen LogP contribution in [0, 0.1) is 17.6 Å². The van der Waals surface area contributed by atoms with Gasteiger partial charge in [-0.05, 0) is 18.2 Å². The zero-order valence-corrected chi connectivity index (χ0v) is 16.5. The average Bonchev–Trinajstić information content (AvgIpc) is 2.92. The number of halogens is 5. The van der Waals surface area contributed by atoms with Crippen molar-refractivity contribution in [2.45, 2.75) is 18.0 Å². The molecule has 0 spiro atoms. The van der Waals surface area contributed by atoms with Crippen LogP contribution in [0.15, 0.2) is 35.4 Å². The van der Waals surface area contributed by atoms with E-state index in [-0.39, 0.29) is 24.9 Å². The molecule has 1 amide bonds. The smallest absolute Gasteiger partial charge is 0.345 e. The lowest BCUT2D eigenvalue weighted by Gasteiger charge is -2.14. The molecule has 0 saturated heterocycles. The van der Waals surface area contributed by atoms with Crippen molar-refractivity contribution in [1.29, 1.82) is 0 Å². The van der Waals surface area contributed by atoms with Gasteiger partial charge in [-0.2, -0.15) is 26.7 Å². The highest BCUT2D eigenvalue weighted by molar-refractivity contribution is 7.91. The summed E-state index contributed by atoms with van der Waals surface area (Å²) in [6.45, 7) is 0.747. The SMILES string of the molecule is C[C@H](CS(=O)(=O)c1cc(C(=O)Nc2ccc(F)c(F)c2)n(C)c1)C(F)(F)F.S. The maximum atomic E-state index is 13.2. The average molecular weight is 444 g/mol. The summed E-state index contributed by atoms with van der Waals surface area (Å²) in [6.07, 6.45) is -3.66. The summed E-state index contributed by atoms with van der Waals surface area (Å²) in [5.41, 5.74) is -0.256. The van der Waals surface area contributed by atoms with Gasteiger partial charge in [-0.3, -0.25) is 4.79 Å². The number of rotatable bonds is 5. The van der Waals surface area contributed by atoms with Gasteiger partial charge in [-0.15, -0.1) is 0 Å². The lowest BCUT2D eigenvalue weighted by Crippen LogP contribution is -2.27. The second-order valence-electron chi connectivity index (χ2n) is 5.98. The Kier molecular flexibility index (Phi) is 7.29. The minimum atomic E-state index is -4.67. The largest absolute Gasteiger partial charge is 0.392 e. The standard InChI is InChI=1S/C16H15F5N2O3S.H2S/c1-9(16(19,20)21)8-27(25,26)11-6-14(23(2)7-11)15(24)22-10-3-4-12(17)13(18)5-10;/h3-7,9H,8H2,1-2H3,(H,22,24);1H2/t9-;/m1./s1. The highest BCUT2D eigenvalue weighted by Crippen LogP contribution is 2.29. The molecule has 2 rings (SSSR count). The van der Waals surface area contributed by atoms with Crippen LogP contribution < -0.4 is 5.32 Å². The lowest BCUT2D eigenvalue weighted by atomic mass is 10.2. The predicted molar refractivity (Wildman–Crippen MR) is 97.4 cm³/mol. The van der Waals surface area contributed by atoms with Crippen LogP contribution in [0.5, 0.6) is 0 Å². The predicted octanol–water partition coefficient (Wildman–Crippen LogP) is 3.64. The number of hydrogen-bond acceptors (Lipinski definition) is 3. The zero-order valence-electron chi connectivity index (χ0n) is 14.6. The van der Waals surface area contributed by atoms with Crippen LogP contribution in [0.2, 0.25) is 0 Å². The van der Waals surface area contributed by atoms with Crippen molar-refractivity contribution in [3.05, 3.63) is 47.8 Å². The van der Waals surface area contributed by atoms with Gasteiger partial charge in [0, 0.05) is 25.0 Å². The number of aromatic nitrogens is 1. The number of carbonyl (C=O) groups is 1. The highest BCUT2D eigenvalue weighted by Gasteiger charge is 2.39. The van der Waals surface area contributed by atoms with Crippen molar-refractivity contribution in [1.82, 2.24) is 4.57 Å². The molecule has 0 unspecified atom stereocenters. The highest BCUT2D eigenvalue weighted by atomic mass is 32.2. The van der Waals surface area contributed by atoms with E-state index in [0.29, 0.717) is 0 Å². The molecule has 0 aliphatic carbocycles. The van der Waals surface area contributed by atoms with Crippen LogP contribution in [0.4, 0.5) is 27.6 Å². The van der Waals surface area contributed by atoms with Crippen LogP contribution in [-0.4, -0.2) is 30.8 Å². The van der Waals surface area contributed by atoms with Crippen molar-refractivity contribution in [2.75, 3.05) is 11.1 Å². The first kappa shape index (κ1) is 24.0. The Morgan fingerprint density at radius 1 is 1.18 bits per heavy atom. The Morgan fingerprint density at radius 3 is 2.32 bits per heavy atom. The maximum absolute atomic E-state index is 13.2. The molecule has 0 aliphatic heterocycles. The number of alkyl halides is 3. The van der Waals surface area contributed by atoms with Crippen LogP contribution in [0.1, 0.15) is 17.4 Å². The number of aryl methyl sites for hydroxylation is 1. The number of amides is 1. The van der Waals surface area contributed by atoms with Gasteiger partial charge < -0.3 is 9.88 Å². The summed E-state index contributed by atoms with van der Waals surface area (Å²) in [6, 6.07) is 3.55. The van der Waals surface area contributed by atoms with Crippen molar-refractivity contribution in [3.8, 4) is 0 Å². The molecule has 0 saturated carbocycles. The number of nitrogens with zero attached hydrogens (tertiary/aromatic N) is 1. The summed E-state index contributed by atoms with van der Waals surface area (Å²) in [4.78, 5) is 11.8. The molecule has 0 radical (unpaired) electrons. The Hall–Kier alpha value is -2.08. The van der Waals surface area contributed by atoms with E-state index >= 15 is 0 Å². The molecule has 5 nitrogen and oxygen atoms in total. The topological polar surface area (TPSA) is 68.2 Å². The van der Waals surface area contributed by atoms with Crippen molar-refractivity contribution in [2.24, 2.45) is 13.0 Å². The first-order valence-electron chi connectivity index (χ1n) is 7.53. The number of carbonyl (C=O) groups excluding carboxylic acids is 1. The third-order valence-electron chi connectivity index (χ3n) is 3.78. The normalized spacial score (nSPS) is 13.0. The number of hydrogen-bond donors (Lipinski definition) is 1. The third-order valence-corrected chi connectivity index (χ3v) is 5.66. The van der Waals surface area contributed by atoms with E-state index in [1.807, 2.05) is 0 Å². The van der Waals surface area contributed by atoms with E-state index in [1.54, 1.807) is 0 Å². The molecule has 1 aromatic heterocycles. The maximum Gasteiger partial charge on any atom is 0.392 e. The zero-order chi connectivity index (χ0) is 20.6. The minimum absolute atomic E-state index is 0. The van der Waals surface area contributed by atoms with Crippen molar-refractivity contribution >= 4 is 34.9 Å². The fourth-order valence-electron chi connectivity index (χ4n) is 2.22. The molecule has 12 heteroatoms. The van der Waals surface area contributed by atoms with Gasteiger partial charge in [0.25, 0.3) is 5.91 Å². The van der Waals surface area contributed by atoms with Crippen molar-refractivity contribution in [3.63, 3.8) is 0 Å². The van der Waals surface area contributed by atoms with Gasteiger partial charge in [0.15, 0.2) is 21.5 Å². The summed E-state index contributed by atoms with van der Waals surface area (Å²) in [5.74, 6) is -6.38. The van der Waals surface area contributed by atoms with Crippen LogP contribution in [0.3, 0.4) is 0 Å². The Bertz CT molecular complexity index is 971. The molecular formula is C16H17F5N2O3S2. The molecule has 1 N–H and O–H groups in total. The van der Waals surface area contributed by atoms with Crippen LogP contribution >= 0.6 is 13.5 Å². The number of anilines is 1. The number of sulfone groups is 1. The van der Waals surface area contributed by atoms with E-state index in [2.05, 4.69) is 5.32 Å². The van der Waals surface area contributed by atoms with Gasteiger partial charge in [-0.1, -0.05) is 6.92 Å². The van der Waals surface area contributed by atoms with Gasteiger partial charge in [0.05, 0.1) is 16.6 Å². The molecule has 0 bridgehead atoms. The fraction of sp³-hybridized carbons (Fsp3) is 0.312. The molecule has 156 valence electrons. The quantitative estimate of drug-likeness (QED) is 0.716. The number of nitrogens with one attached hydrogen (secondary N) is 1. The fourth-order valence-corrected chi connectivity index (χ4v) is 3.87.